The highest BCUT2D eigenvalue weighted by Gasteiger charge is 2.06. The van der Waals surface area contributed by atoms with Gasteiger partial charge in [-0.3, -0.25) is 4.98 Å². The van der Waals surface area contributed by atoms with Crippen LogP contribution in [0.4, 0.5) is 5.82 Å². The molecule has 0 amide bonds. The van der Waals surface area contributed by atoms with Gasteiger partial charge in [0.1, 0.15) is 11.0 Å². The molecule has 0 unspecified atom stereocenters. The van der Waals surface area contributed by atoms with Crippen LogP contribution >= 0.6 is 11.6 Å². The van der Waals surface area contributed by atoms with Gasteiger partial charge >= 0.3 is 0 Å². The third-order valence-corrected chi connectivity index (χ3v) is 3.53. The van der Waals surface area contributed by atoms with Crippen LogP contribution in [0.2, 0.25) is 5.15 Å². The number of pyridine rings is 1. The highest BCUT2D eigenvalue weighted by Crippen LogP contribution is 2.20. The van der Waals surface area contributed by atoms with Crippen LogP contribution in [0, 0.1) is 6.92 Å². The van der Waals surface area contributed by atoms with Crippen LogP contribution in [0.15, 0.2) is 54.9 Å². The van der Waals surface area contributed by atoms with Gasteiger partial charge in [-0.15, -0.1) is 0 Å². The van der Waals surface area contributed by atoms with Crippen molar-refractivity contribution in [1.29, 1.82) is 0 Å². The van der Waals surface area contributed by atoms with Gasteiger partial charge in [-0.1, -0.05) is 35.9 Å². The van der Waals surface area contributed by atoms with Crippen LogP contribution in [-0.2, 0) is 6.54 Å². The number of rotatable bonds is 4. The molecule has 0 saturated heterocycles. The lowest BCUT2D eigenvalue weighted by molar-refractivity contribution is 1.07. The van der Waals surface area contributed by atoms with Gasteiger partial charge in [-0.25, -0.2) is 9.97 Å². The Labute approximate surface area is 134 Å². The van der Waals surface area contributed by atoms with Gasteiger partial charge in [0, 0.05) is 30.6 Å². The fraction of sp³-hybridized carbons (Fsp3) is 0.118. The molecule has 0 bridgehead atoms. The molecule has 0 aliphatic rings. The van der Waals surface area contributed by atoms with Crippen molar-refractivity contribution in [2.45, 2.75) is 13.5 Å². The van der Waals surface area contributed by atoms with Crippen molar-refractivity contribution in [3.8, 4) is 11.4 Å². The average Bonchev–Trinajstić information content (AvgIpc) is 2.54. The fourth-order valence-corrected chi connectivity index (χ4v) is 2.31. The van der Waals surface area contributed by atoms with Crippen LogP contribution in [-0.4, -0.2) is 15.0 Å². The monoisotopic (exact) mass is 310 g/mol. The van der Waals surface area contributed by atoms with E-state index < -0.39 is 0 Å². The summed E-state index contributed by atoms with van der Waals surface area (Å²) in [6, 6.07) is 13.7. The largest absolute Gasteiger partial charge is 0.366 e. The Balaban J connectivity index is 1.83. The number of nitrogens with zero attached hydrogens (tertiary/aromatic N) is 3. The third kappa shape index (κ3) is 3.40. The molecule has 0 saturated carbocycles. The predicted molar refractivity (Wildman–Crippen MR) is 88.8 cm³/mol. The first-order chi connectivity index (χ1) is 10.7. The van der Waals surface area contributed by atoms with E-state index in [2.05, 4.69) is 39.3 Å². The van der Waals surface area contributed by atoms with E-state index >= 15 is 0 Å². The minimum Gasteiger partial charge on any atom is -0.366 e. The first kappa shape index (κ1) is 14.5. The number of halogens is 1. The molecule has 1 aromatic carbocycles. The predicted octanol–water partition coefficient (Wildman–Crippen LogP) is 4.11. The quantitative estimate of drug-likeness (QED) is 0.737. The molecule has 4 nitrogen and oxygen atoms in total. The van der Waals surface area contributed by atoms with Gasteiger partial charge in [0.15, 0.2) is 5.82 Å². The Morgan fingerprint density at radius 2 is 1.95 bits per heavy atom. The molecule has 0 aliphatic carbocycles. The van der Waals surface area contributed by atoms with Gasteiger partial charge in [-0.2, -0.15) is 0 Å². The summed E-state index contributed by atoms with van der Waals surface area (Å²) in [6.07, 6.45) is 3.43. The molecule has 0 fully saturated rings. The zero-order valence-corrected chi connectivity index (χ0v) is 12.9. The SMILES string of the molecule is Cc1ccccc1CNc1cc(Cl)nc(-c2cccnc2)n1. The summed E-state index contributed by atoms with van der Waals surface area (Å²) >= 11 is 6.10. The third-order valence-electron chi connectivity index (χ3n) is 3.34. The van der Waals surface area contributed by atoms with Crippen LogP contribution in [0.1, 0.15) is 11.1 Å². The summed E-state index contributed by atoms with van der Waals surface area (Å²) in [7, 11) is 0. The molecule has 2 aromatic heterocycles. The maximum absolute atomic E-state index is 6.10. The average molecular weight is 311 g/mol. The molecule has 2 heterocycles. The summed E-state index contributed by atoms with van der Waals surface area (Å²) in [4.78, 5) is 12.8. The second-order valence-corrected chi connectivity index (χ2v) is 5.31. The number of nitrogens with one attached hydrogen (secondary N) is 1. The van der Waals surface area contributed by atoms with Crippen molar-refractivity contribution in [1.82, 2.24) is 15.0 Å². The molecule has 0 atom stereocenters. The van der Waals surface area contributed by atoms with Gasteiger partial charge in [0.25, 0.3) is 0 Å². The normalized spacial score (nSPS) is 10.5. The lowest BCUT2D eigenvalue weighted by atomic mass is 10.1. The van der Waals surface area contributed by atoms with Crippen molar-refractivity contribution < 1.29 is 0 Å². The van der Waals surface area contributed by atoms with Crippen molar-refractivity contribution in [2.75, 3.05) is 5.32 Å². The molecule has 3 rings (SSSR count). The Morgan fingerprint density at radius 1 is 1.09 bits per heavy atom. The summed E-state index contributed by atoms with van der Waals surface area (Å²) in [5.41, 5.74) is 3.30. The van der Waals surface area contributed by atoms with E-state index in [1.165, 1.54) is 11.1 Å². The number of aromatic nitrogens is 3. The number of hydrogen-bond acceptors (Lipinski definition) is 4. The van der Waals surface area contributed by atoms with Crippen molar-refractivity contribution >= 4 is 17.4 Å². The first-order valence-electron chi connectivity index (χ1n) is 6.96. The second-order valence-electron chi connectivity index (χ2n) is 4.92. The zero-order valence-electron chi connectivity index (χ0n) is 12.1. The van der Waals surface area contributed by atoms with E-state index in [-0.39, 0.29) is 0 Å². The number of anilines is 1. The highest BCUT2D eigenvalue weighted by atomic mass is 35.5. The molecule has 110 valence electrons. The molecule has 3 aromatic rings. The fourth-order valence-electron chi connectivity index (χ4n) is 2.13. The molecule has 22 heavy (non-hydrogen) atoms. The number of benzene rings is 1. The van der Waals surface area contributed by atoms with Gasteiger partial charge < -0.3 is 5.32 Å². The summed E-state index contributed by atoms with van der Waals surface area (Å²) in [6.45, 7) is 2.78. The summed E-state index contributed by atoms with van der Waals surface area (Å²) in [5, 5.41) is 3.70. The second kappa shape index (κ2) is 6.54. The van der Waals surface area contributed by atoms with Crippen LogP contribution < -0.4 is 5.32 Å². The maximum Gasteiger partial charge on any atom is 0.164 e. The molecule has 0 aliphatic heterocycles. The van der Waals surface area contributed by atoms with E-state index in [4.69, 9.17) is 11.6 Å². The number of aryl methyl sites for hydroxylation is 1. The molecular weight excluding hydrogens is 296 g/mol. The van der Waals surface area contributed by atoms with Crippen LogP contribution in [0.5, 0.6) is 0 Å². The van der Waals surface area contributed by atoms with E-state index in [0.717, 1.165) is 5.56 Å². The number of hydrogen-bond donors (Lipinski definition) is 1. The first-order valence-corrected chi connectivity index (χ1v) is 7.33. The zero-order chi connectivity index (χ0) is 15.4. The van der Waals surface area contributed by atoms with Gasteiger partial charge in [-0.05, 0) is 30.2 Å². The van der Waals surface area contributed by atoms with Crippen LogP contribution in [0.3, 0.4) is 0 Å². The standard InChI is InChI=1S/C17H15ClN4/c1-12-5-2-3-6-13(12)11-20-16-9-15(18)21-17(22-16)14-7-4-8-19-10-14/h2-10H,11H2,1H3,(H,20,21,22). The molecule has 5 heteroatoms. The van der Waals surface area contributed by atoms with Crippen molar-refractivity contribution in [3.63, 3.8) is 0 Å². The molecule has 0 spiro atoms. The molecule has 0 radical (unpaired) electrons. The van der Waals surface area contributed by atoms with E-state index in [1.54, 1.807) is 18.5 Å². The Bertz CT molecular complexity index is 775. The van der Waals surface area contributed by atoms with E-state index in [9.17, 15) is 0 Å². The topological polar surface area (TPSA) is 50.7 Å². The lowest BCUT2D eigenvalue weighted by Crippen LogP contribution is -2.04. The van der Waals surface area contributed by atoms with Gasteiger partial charge in [0.05, 0.1) is 0 Å². The minimum absolute atomic E-state index is 0.404. The Kier molecular flexibility index (Phi) is 4.30. The maximum atomic E-state index is 6.10. The van der Waals surface area contributed by atoms with E-state index in [1.807, 2.05) is 24.3 Å². The minimum atomic E-state index is 0.404. The molecular formula is C17H15ClN4. The smallest absolute Gasteiger partial charge is 0.164 e. The summed E-state index contributed by atoms with van der Waals surface area (Å²) < 4.78 is 0. The van der Waals surface area contributed by atoms with Gasteiger partial charge in [0.2, 0.25) is 0 Å². The Hall–Kier alpha value is -2.46. The Morgan fingerprint density at radius 3 is 2.73 bits per heavy atom. The lowest BCUT2D eigenvalue weighted by Gasteiger charge is -2.09. The van der Waals surface area contributed by atoms with Crippen LogP contribution in [0.25, 0.3) is 11.4 Å². The molecule has 1 N–H and O–H groups in total. The highest BCUT2D eigenvalue weighted by molar-refractivity contribution is 6.29. The van der Waals surface area contributed by atoms with Crippen molar-refractivity contribution in [2.24, 2.45) is 0 Å². The van der Waals surface area contributed by atoms with Crippen molar-refractivity contribution in [3.05, 3.63) is 71.1 Å². The van der Waals surface area contributed by atoms with E-state index in [0.29, 0.717) is 23.3 Å². The summed E-state index contributed by atoms with van der Waals surface area (Å²) in [5.74, 6) is 1.26.